The maximum Gasteiger partial charge on any atom is 0.161 e. The number of fused-ring (bicyclic) bond motifs is 8. The first-order valence-electron chi connectivity index (χ1n) is 11.8. The number of aromatic nitrogens is 1. The van der Waals surface area contributed by atoms with Gasteiger partial charge in [0, 0.05) is 36.6 Å². The van der Waals surface area contributed by atoms with E-state index in [1.54, 1.807) is 0 Å². The highest BCUT2D eigenvalue weighted by Crippen LogP contribution is 2.41. The molecule has 0 atom stereocenters. The third-order valence-corrected chi connectivity index (χ3v) is 8.15. The average Bonchev–Trinajstić information content (AvgIpc) is 3.57. The number of nitrogens with zero attached hydrogens (tertiary/aromatic N) is 1. The molecule has 0 aliphatic carbocycles. The minimum absolute atomic E-state index is 0.913. The van der Waals surface area contributed by atoms with Gasteiger partial charge in [0.25, 0.3) is 0 Å². The van der Waals surface area contributed by atoms with Gasteiger partial charge in [0.05, 0.1) is 5.52 Å². The summed E-state index contributed by atoms with van der Waals surface area (Å²) in [7, 11) is 0. The largest absolute Gasteiger partial charge is 0.454 e. The summed E-state index contributed by atoms with van der Waals surface area (Å²) in [5, 5.41) is 4.91. The van der Waals surface area contributed by atoms with Crippen molar-refractivity contribution in [3.63, 3.8) is 0 Å². The van der Waals surface area contributed by atoms with E-state index in [1.807, 2.05) is 11.3 Å². The summed E-state index contributed by atoms with van der Waals surface area (Å²) in [6.07, 6.45) is 0. The van der Waals surface area contributed by atoms with Crippen LogP contribution < -0.4 is 0 Å². The Labute approximate surface area is 205 Å². The van der Waals surface area contributed by atoms with E-state index in [-0.39, 0.29) is 0 Å². The van der Waals surface area contributed by atoms with Crippen LogP contribution in [0.4, 0.5) is 0 Å². The number of benzene rings is 5. The third-order valence-electron chi connectivity index (χ3n) is 7.00. The molecule has 0 fully saturated rings. The number of thiophene rings is 1. The molecule has 3 aromatic heterocycles. The van der Waals surface area contributed by atoms with E-state index in [1.165, 1.54) is 31.3 Å². The van der Waals surface area contributed by atoms with Gasteiger partial charge in [-0.15, -0.1) is 11.3 Å². The van der Waals surface area contributed by atoms with Crippen LogP contribution in [0.15, 0.2) is 120 Å². The molecule has 5 aromatic carbocycles. The van der Waals surface area contributed by atoms with Gasteiger partial charge in [-0.1, -0.05) is 60.7 Å². The molecule has 0 aliphatic heterocycles. The molecule has 0 amide bonds. The zero-order chi connectivity index (χ0) is 22.9. The molecule has 3 heteroatoms. The Morgan fingerprint density at radius 2 is 1.23 bits per heavy atom. The van der Waals surface area contributed by atoms with Crippen LogP contribution in [0, 0.1) is 0 Å². The molecule has 8 aromatic rings. The third kappa shape index (κ3) is 2.70. The van der Waals surface area contributed by atoms with Crippen LogP contribution >= 0.6 is 11.3 Å². The van der Waals surface area contributed by atoms with E-state index in [0.29, 0.717) is 0 Å². The van der Waals surface area contributed by atoms with Crippen LogP contribution in [-0.4, -0.2) is 4.57 Å². The first-order valence-corrected chi connectivity index (χ1v) is 12.6. The minimum atomic E-state index is 0.913. The zero-order valence-corrected chi connectivity index (χ0v) is 19.5. The Hall–Kier alpha value is -4.34. The predicted octanol–water partition coefficient (Wildman–Crippen LogP) is 9.56. The van der Waals surface area contributed by atoms with Gasteiger partial charge in [0.2, 0.25) is 0 Å². The van der Waals surface area contributed by atoms with Crippen LogP contribution in [0.2, 0.25) is 0 Å². The van der Waals surface area contributed by atoms with Crippen LogP contribution in [0.25, 0.3) is 70.0 Å². The van der Waals surface area contributed by atoms with Crippen molar-refractivity contribution >= 4 is 64.5 Å². The van der Waals surface area contributed by atoms with E-state index in [9.17, 15) is 0 Å². The molecule has 0 unspecified atom stereocenters. The molecule has 3 heterocycles. The average molecular weight is 466 g/mol. The predicted molar refractivity (Wildman–Crippen MR) is 149 cm³/mol. The number of hydrogen-bond acceptors (Lipinski definition) is 2. The Morgan fingerprint density at radius 3 is 2.11 bits per heavy atom. The van der Waals surface area contributed by atoms with Crippen molar-refractivity contribution in [1.82, 2.24) is 4.57 Å². The van der Waals surface area contributed by atoms with Gasteiger partial charge in [-0.25, -0.2) is 0 Å². The highest BCUT2D eigenvalue weighted by molar-refractivity contribution is 7.25. The van der Waals surface area contributed by atoms with Crippen molar-refractivity contribution in [3.05, 3.63) is 115 Å². The smallest absolute Gasteiger partial charge is 0.161 e. The molecule has 0 saturated carbocycles. The highest BCUT2D eigenvalue weighted by atomic mass is 32.1. The number of para-hydroxylation sites is 2. The van der Waals surface area contributed by atoms with E-state index >= 15 is 0 Å². The number of furan rings is 1. The van der Waals surface area contributed by atoms with Crippen LogP contribution in [0.1, 0.15) is 0 Å². The number of rotatable bonds is 2. The SMILES string of the molecule is c1ccc(-n2c3ccccc3c3oc4ccc(-c5ccc6sc7ccccc7c6c5)cc4c32)cc1. The normalized spacial score (nSPS) is 12.0. The molecule has 164 valence electrons. The highest BCUT2D eigenvalue weighted by Gasteiger charge is 2.19. The Morgan fingerprint density at radius 1 is 0.543 bits per heavy atom. The second-order valence-electron chi connectivity index (χ2n) is 8.99. The second kappa shape index (κ2) is 7.08. The van der Waals surface area contributed by atoms with E-state index in [4.69, 9.17) is 4.42 Å². The standard InChI is InChI=1S/C32H19NOS/c1-2-8-22(9-3-1)33-27-12-6-4-11-24(27)32-31(33)26-19-20(14-16-28(26)34-32)21-15-17-30-25(18-21)23-10-5-7-13-29(23)35-30/h1-19H. The van der Waals surface area contributed by atoms with Gasteiger partial charge in [-0.2, -0.15) is 0 Å². The lowest BCUT2D eigenvalue weighted by molar-refractivity contribution is 0.673. The van der Waals surface area contributed by atoms with Gasteiger partial charge < -0.3 is 8.98 Å². The van der Waals surface area contributed by atoms with Crippen molar-refractivity contribution < 1.29 is 4.42 Å². The van der Waals surface area contributed by atoms with E-state index < -0.39 is 0 Å². The maximum atomic E-state index is 6.46. The van der Waals surface area contributed by atoms with Gasteiger partial charge in [-0.05, 0) is 65.7 Å². The molecule has 0 N–H and O–H groups in total. The van der Waals surface area contributed by atoms with Crippen molar-refractivity contribution in [1.29, 1.82) is 0 Å². The van der Waals surface area contributed by atoms with Crippen LogP contribution in [0.5, 0.6) is 0 Å². The molecule has 0 bridgehead atoms. The van der Waals surface area contributed by atoms with Gasteiger partial charge in [0.15, 0.2) is 5.58 Å². The van der Waals surface area contributed by atoms with Crippen molar-refractivity contribution in [2.75, 3.05) is 0 Å². The lowest BCUT2D eigenvalue weighted by Crippen LogP contribution is -1.92. The van der Waals surface area contributed by atoms with Gasteiger partial charge in [-0.3, -0.25) is 0 Å². The first-order chi connectivity index (χ1) is 17.3. The van der Waals surface area contributed by atoms with Crippen molar-refractivity contribution in [3.8, 4) is 16.8 Å². The Kier molecular flexibility index (Phi) is 3.85. The summed E-state index contributed by atoms with van der Waals surface area (Å²) < 4.78 is 11.4. The van der Waals surface area contributed by atoms with Crippen molar-refractivity contribution in [2.24, 2.45) is 0 Å². The van der Waals surface area contributed by atoms with E-state index in [0.717, 1.165) is 38.7 Å². The lowest BCUT2D eigenvalue weighted by Gasteiger charge is -2.08. The quantitative estimate of drug-likeness (QED) is 0.248. The zero-order valence-electron chi connectivity index (χ0n) is 18.7. The molecule has 8 rings (SSSR count). The summed E-state index contributed by atoms with van der Waals surface area (Å²) in [5.74, 6) is 0. The molecule has 0 spiro atoms. The minimum Gasteiger partial charge on any atom is -0.454 e. The monoisotopic (exact) mass is 465 g/mol. The maximum absolute atomic E-state index is 6.46. The fourth-order valence-electron chi connectivity index (χ4n) is 5.40. The summed E-state index contributed by atoms with van der Waals surface area (Å²) in [6, 6.07) is 41.1. The fourth-order valence-corrected chi connectivity index (χ4v) is 6.49. The summed E-state index contributed by atoms with van der Waals surface area (Å²) >= 11 is 1.85. The molecular formula is C32H19NOS. The fraction of sp³-hybridized carbons (Fsp3) is 0. The van der Waals surface area contributed by atoms with Crippen LogP contribution in [0.3, 0.4) is 0 Å². The first kappa shape index (κ1) is 19.0. The Bertz CT molecular complexity index is 2060. The topological polar surface area (TPSA) is 18.1 Å². The van der Waals surface area contributed by atoms with Crippen molar-refractivity contribution in [2.45, 2.75) is 0 Å². The van der Waals surface area contributed by atoms with E-state index in [2.05, 4.69) is 120 Å². The summed E-state index contributed by atoms with van der Waals surface area (Å²) in [6.45, 7) is 0. The molecule has 0 radical (unpaired) electrons. The molecule has 2 nitrogen and oxygen atoms in total. The lowest BCUT2D eigenvalue weighted by atomic mass is 10.0. The summed E-state index contributed by atoms with van der Waals surface area (Å²) in [4.78, 5) is 0. The number of hydrogen-bond donors (Lipinski definition) is 0. The Balaban J connectivity index is 1.42. The molecule has 0 saturated heterocycles. The van der Waals surface area contributed by atoms with Gasteiger partial charge >= 0.3 is 0 Å². The molecule has 35 heavy (non-hydrogen) atoms. The van der Waals surface area contributed by atoms with Gasteiger partial charge in [0.1, 0.15) is 11.1 Å². The van der Waals surface area contributed by atoms with Crippen LogP contribution in [-0.2, 0) is 0 Å². The second-order valence-corrected chi connectivity index (χ2v) is 10.1. The molecular weight excluding hydrogens is 446 g/mol. The molecule has 0 aliphatic rings. The summed E-state index contributed by atoms with van der Waals surface area (Å²) in [5.41, 5.74) is 7.69.